The average Bonchev–Trinajstić information content (AvgIpc) is 2.84. The van der Waals surface area contributed by atoms with Gasteiger partial charge in [0, 0.05) is 18.1 Å². The SMILES string of the molecule is COc1ccc(-c2coc3c4c(ccc3c2=O)OCN(CCc2ccccc2Cl)C4)cc1. The summed E-state index contributed by atoms with van der Waals surface area (Å²) in [6.45, 7) is 1.91. The van der Waals surface area contributed by atoms with Crippen LogP contribution in [0.2, 0.25) is 5.02 Å². The Morgan fingerprint density at radius 2 is 1.88 bits per heavy atom. The molecule has 1 aliphatic rings. The molecule has 0 amide bonds. The van der Waals surface area contributed by atoms with E-state index >= 15 is 0 Å². The first-order valence-corrected chi connectivity index (χ1v) is 10.8. The third-order valence-electron chi connectivity index (χ3n) is 5.84. The van der Waals surface area contributed by atoms with E-state index in [2.05, 4.69) is 4.90 Å². The van der Waals surface area contributed by atoms with Crippen LogP contribution in [-0.2, 0) is 13.0 Å². The summed E-state index contributed by atoms with van der Waals surface area (Å²) in [5.74, 6) is 1.49. The Morgan fingerprint density at radius 3 is 2.66 bits per heavy atom. The minimum Gasteiger partial charge on any atom is -0.497 e. The number of hydrogen-bond acceptors (Lipinski definition) is 5. The highest BCUT2D eigenvalue weighted by Crippen LogP contribution is 2.33. The van der Waals surface area contributed by atoms with Gasteiger partial charge in [-0.2, -0.15) is 0 Å². The molecule has 0 atom stereocenters. The van der Waals surface area contributed by atoms with E-state index in [1.54, 1.807) is 13.2 Å². The summed E-state index contributed by atoms with van der Waals surface area (Å²) in [7, 11) is 1.61. The number of fused-ring (bicyclic) bond motifs is 3. The van der Waals surface area contributed by atoms with Crippen molar-refractivity contribution in [2.75, 3.05) is 20.4 Å². The molecule has 0 radical (unpaired) electrons. The van der Waals surface area contributed by atoms with E-state index in [1.165, 1.54) is 6.26 Å². The standard InChI is InChI=1S/C26H22ClNO4/c1-30-19-8-6-17(7-9-19)22-15-31-26-20(25(22)29)10-11-24-21(26)14-28(16-32-24)13-12-18-4-2-3-5-23(18)27/h2-11,15H,12-14,16H2,1H3. The van der Waals surface area contributed by atoms with Crippen molar-refractivity contribution in [2.45, 2.75) is 13.0 Å². The van der Waals surface area contributed by atoms with Gasteiger partial charge in [0.2, 0.25) is 5.43 Å². The van der Waals surface area contributed by atoms with E-state index in [4.69, 9.17) is 25.5 Å². The van der Waals surface area contributed by atoms with Crippen LogP contribution in [0.15, 0.2) is 76.1 Å². The average molecular weight is 448 g/mol. The predicted octanol–water partition coefficient (Wildman–Crippen LogP) is 5.52. The zero-order valence-electron chi connectivity index (χ0n) is 17.6. The van der Waals surface area contributed by atoms with Crippen LogP contribution >= 0.6 is 11.6 Å². The van der Waals surface area contributed by atoms with Crippen LogP contribution in [0.3, 0.4) is 0 Å². The summed E-state index contributed by atoms with van der Waals surface area (Å²) < 4.78 is 17.2. The number of benzene rings is 3. The Bertz CT molecular complexity index is 1330. The molecule has 4 aromatic rings. The first-order chi connectivity index (χ1) is 15.6. The molecule has 0 bridgehead atoms. The third kappa shape index (κ3) is 3.85. The molecule has 1 aliphatic heterocycles. The largest absolute Gasteiger partial charge is 0.497 e. The lowest BCUT2D eigenvalue weighted by atomic mass is 10.0. The lowest BCUT2D eigenvalue weighted by Gasteiger charge is -2.29. The first kappa shape index (κ1) is 20.6. The number of nitrogens with zero attached hydrogens (tertiary/aromatic N) is 1. The molecule has 0 N–H and O–H groups in total. The van der Waals surface area contributed by atoms with Gasteiger partial charge < -0.3 is 13.9 Å². The molecular weight excluding hydrogens is 426 g/mol. The fraction of sp³-hybridized carbons (Fsp3) is 0.192. The Hall–Kier alpha value is -3.28. The van der Waals surface area contributed by atoms with Crippen molar-refractivity contribution in [3.05, 3.63) is 93.3 Å². The molecule has 0 fully saturated rings. The molecule has 0 unspecified atom stereocenters. The van der Waals surface area contributed by atoms with Crippen molar-refractivity contribution in [1.29, 1.82) is 0 Å². The van der Waals surface area contributed by atoms with E-state index in [0.29, 0.717) is 29.8 Å². The Morgan fingerprint density at radius 1 is 1.06 bits per heavy atom. The number of ether oxygens (including phenoxy) is 2. The van der Waals surface area contributed by atoms with Crippen LogP contribution in [0.1, 0.15) is 11.1 Å². The van der Waals surface area contributed by atoms with Crippen molar-refractivity contribution in [3.63, 3.8) is 0 Å². The highest BCUT2D eigenvalue weighted by molar-refractivity contribution is 6.31. The summed E-state index contributed by atoms with van der Waals surface area (Å²) in [6.07, 6.45) is 2.35. The Balaban J connectivity index is 1.44. The molecule has 2 heterocycles. The zero-order valence-corrected chi connectivity index (χ0v) is 18.4. The molecule has 0 aliphatic carbocycles. The van der Waals surface area contributed by atoms with Gasteiger partial charge in [0.05, 0.1) is 23.6 Å². The van der Waals surface area contributed by atoms with Crippen LogP contribution in [0.4, 0.5) is 0 Å². The lowest BCUT2D eigenvalue weighted by molar-refractivity contribution is 0.0968. The topological polar surface area (TPSA) is 51.9 Å². The van der Waals surface area contributed by atoms with Crippen molar-refractivity contribution in [3.8, 4) is 22.6 Å². The number of halogens is 1. The Labute approximate surface area is 190 Å². The number of methoxy groups -OCH3 is 1. The minimum absolute atomic E-state index is 0.0626. The van der Waals surface area contributed by atoms with E-state index < -0.39 is 0 Å². The molecule has 6 heteroatoms. The van der Waals surface area contributed by atoms with Gasteiger partial charge in [-0.25, -0.2) is 0 Å². The highest BCUT2D eigenvalue weighted by atomic mass is 35.5. The summed E-state index contributed by atoms with van der Waals surface area (Å²) >= 11 is 6.29. The second-order valence-corrected chi connectivity index (χ2v) is 8.20. The molecule has 1 aromatic heterocycles. The van der Waals surface area contributed by atoms with Gasteiger partial charge in [0.25, 0.3) is 0 Å². The van der Waals surface area contributed by atoms with Gasteiger partial charge in [0.15, 0.2) is 0 Å². The van der Waals surface area contributed by atoms with Crippen molar-refractivity contribution in [2.24, 2.45) is 0 Å². The first-order valence-electron chi connectivity index (χ1n) is 10.4. The van der Waals surface area contributed by atoms with E-state index in [-0.39, 0.29) is 5.43 Å². The molecule has 32 heavy (non-hydrogen) atoms. The fourth-order valence-electron chi connectivity index (χ4n) is 4.05. The number of rotatable bonds is 5. The Kier molecular flexibility index (Phi) is 5.60. The second-order valence-electron chi connectivity index (χ2n) is 7.79. The van der Waals surface area contributed by atoms with E-state index in [9.17, 15) is 4.79 Å². The molecule has 5 rings (SSSR count). The summed E-state index contributed by atoms with van der Waals surface area (Å²) in [5.41, 5.74) is 3.82. The molecule has 3 aromatic carbocycles. The van der Waals surface area contributed by atoms with Crippen molar-refractivity contribution >= 4 is 22.6 Å². The van der Waals surface area contributed by atoms with Crippen LogP contribution in [0.25, 0.3) is 22.1 Å². The number of hydrogen-bond donors (Lipinski definition) is 0. The van der Waals surface area contributed by atoms with E-state index in [1.807, 2.05) is 54.6 Å². The van der Waals surface area contributed by atoms with Crippen LogP contribution in [-0.4, -0.2) is 25.3 Å². The fourth-order valence-corrected chi connectivity index (χ4v) is 4.28. The maximum atomic E-state index is 13.2. The summed E-state index contributed by atoms with van der Waals surface area (Å²) in [6, 6.07) is 18.9. The smallest absolute Gasteiger partial charge is 0.200 e. The lowest BCUT2D eigenvalue weighted by Crippen LogP contribution is -2.33. The highest BCUT2D eigenvalue weighted by Gasteiger charge is 2.23. The van der Waals surface area contributed by atoms with Crippen molar-refractivity contribution < 1.29 is 13.9 Å². The minimum atomic E-state index is -0.0626. The van der Waals surface area contributed by atoms with Gasteiger partial charge in [-0.15, -0.1) is 0 Å². The molecule has 0 saturated heterocycles. The monoisotopic (exact) mass is 447 g/mol. The van der Waals surface area contributed by atoms with Crippen LogP contribution < -0.4 is 14.9 Å². The van der Waals surface area contributed by atoms with Gasteiger partial charge in [-0.1, -0.05) is 41.9 Å². The predicted molar refractivity (Wildman–Crippen MR) is 126 cm³/mol. The van der Waals surface area contributed by atoms with E-state index in [0.717, 1.165) is 46.2 Å². The third-order valence-corrected chi connectivity index (χ3v) is 6.21. The molecule has 0 saturated carbocycles. The zero-order chi connectivity index (χ0) is 22.1. The maximum absolute atomic E-state index is 13.2. The van der Waals surface area contributed by atoms with Gasteiger partial charge in [0.1, 0.15) is 30.1 Å². The van der Waals surface area contributed by atoms with Crippen LogP contribution in [0.5, 0.6) is 11.5 Å². The molecule has 0 spiro atoms. The van der Waals surface area contributed by atoms with Gasteiger partial charge in [-0.3, -0.25) is 9.69 Å². The molecule has 5 nitrogen and oxygen atoms in total. The quantitative estimate of drug-likeness (QED) is 0.403. The summed E-state index contributed by atoms with van der Waals surface area (Å²) in [5, 5.41) is 1.32. The molecular formula is C26H22ClNO4. The summed E-state index contributed by atoms with van der Waals surface area (Å²) in [4.78, 5) is 15.4. The molecule has 162 valence electrons. The van der Waals surface area contributed by atoms with Crippen LogP contribution in [0, 0.1) is 0 Å². The normalized spacial score (nSPS) is 13.6. The second kappa shape index (κ2) is 8.69. The van der Waals surface area contributed by atoms with Gasteiger partial charge >= 0.3 is 0 Å². The maximum Gasteiger partial charge on any atom is 0.200 e. The van der Waals surface area contributed by atoms with Gasteiger partial charge in [-0.05, 0) is 47.9 Å². The van der Waals surface area contributed by atoms with Crippen molar-refractivity contribution in [1.82, 2.24) is 4.90 Å².